The second-order valence-corrected chi connectivity index (χ2v) is 0.615. The largest absolute Gasteiger partial charge is 0.268 e. The summed E-state index contributed by atoms with van der Waals surface area (Å²) in [5.41, 5.74) is 0. The van der Waals surface area contributed by atoms with Gasteiger partial charge in [-0.15, -0.1) is 0 Å². The van der Waals surface area contributed by atoms with Gasteiger partial charge in [-0.2, -0.15) is 0 Å². The van der Waals surface area contributed by atoms with Gasteiger partial charge in [0, 0.05) is 0 Å². The highest BCUT2D eigenvalue weighted by Gasteiger charge is 2.04. The average Bonchev–Trinajstić information content (AvgIpc) is 0.722. The molecule has 0 heterocycles. The minimum atomic E-state index is -4.25. The van der Waals surface area contributed by atoms with Crippen LogP contribution in [0.15, 0.2) is 0 Å². The van der Waals surface area contributed by atoms with Crippen molar-refractivity contribution in [1.82, 2.24) is 0 Å². The molecular weight excluding hydrogens is 81.0 g/mol. The van der Waals surface area contributed by atoms with E-state index in [0.29, 0.717) is 0 Å². The number of hydrogen-bond donors (Lipinski definition) is 0. The molecule has 0 aliphatic carbocycles. The van der Waals surface area contributed by atoms with Gasteiger partial charge in [-0.05, 0) is 0 Å². The summed E-state index contributed by atoms with van der Waals surface area (Å²) in [7, 11) is 0. The van der Waals surface area contributed by atoms with Gasteiger partial charge in [-0.3, -0.25) is 0 Å². The number of hydrogen-bond acceptors (Lipinski definition) is 0. The molecule has 0 aromatic heterocycles. The Kier molecular flexibility index (Phi) is 0.843. The molecule has 0 aromatic rings. The van der Waals surface area contributed by atoms with E-state index in [1.807, 2.05) is 0 Å². The fourth-order valence-corrected chi connectivity index (χ4v) is 0. The van der Waals surface area contributed by atoms with E-state index in [-0.39, 0.29) is 0 Å². The lowest BCUT2D eigenvalue weighted by Gasteiger charge is -1.99. The quantitative estimate of drug-likeness (QED) is 0.388. The molecule has 5 heavy (non-hydrogen) atoms. The molecule has 0 fully saturated rings. The van der Waals surface area contributed by atoms with Gasteiger partial charge >= 0.3 is 0 Å². The van der Waals surface area contributed by atoms with E-state index >= 15 is 0 Å². The molecule has 0 aliphatic rings. The van der Waals surface area contributed by atoms with Gasteiger partial charge in [0.05, 0.1) is 0 Å². The molecule has 0 bridgehead atoms. The normalized spacial score (nSPS) is 12.0. The third-order valence-electron chi connectivity index (χ3n) is 0. The molecule has 0 aromatic carbocycles. The van der Waals surface area contributed by atoms with E-state index < -0.39 is 6.18 Å². The molecule has 0 amide bonds. The van der Waals surface area contributed by atoms with Gasteiger partial charge in [-0.25, -0.2) is 20.1 Å². The Hall–Kier alpha value is -0.210. The van der Waals surface area contributed by atoms with E-state index in [4.69, 9.17) is 0 Å². The maximum Gasteiger partial charge on any atom is 0.268 e. The number of alkyl halides is 3. The van der Waals surface area contributed by atoms with Crippen LogP contribution >= 0.6 is 0 Å². The molecule has 0 radical (unpaired) electrons. The van der Waals surface area contributed by atoms with Gasteiger partial charge in [-0.1, -0.05) is 0 Å². The lowest BCUT2D eigenvalue weighted by atomic mass is 10.8. The zero-order valence-electron chi connectivity index (χ0n) is 2.34. The minimum absolute atomic E-state index is 1.77. The van der Waals surface area contributed by atoms with E-state index in [1.54, 1.807) is 6.92 Å². The molecular formula is C2H2F3-. The predicted molar refractivity (Wildman–Crippen MR) is 11.4 cm³/mol. The van der Waals surface area contributed by atoms with E-state index in [1.165, 1.54) is 0 Å². The van der Waals surface area contributed by atoms with Crippen LogP contribution in [-0.2, 0) is 0 Å². The van der Waals surface area contributed by atoms with E-state index in [2.05, 4.69) is 0 Å². The Morgan fingerprint density at radius 1 is 1.20 bits per heavy atom. The molecule has 3 heteroatoms. The highest BCUT2D eigenvalue weighted by molar-refractivity contribution is 4.45. The summed E-state index contributed by atoms with van der Waals surface area (Å²) < 4.78 is 30.7. The standard InChI is InChI=1S/C2H2F3/c1-2(3,4)5/h1H2/q-1. The molecule has 0 saturated carbocycles. The van der Waals surface area contributed by atoms with Crippen LogP contribution in [0.25, 0.3) is 0 Å². The highest BCUT2D eigenvalue weighted by atomic mass is 19.4. The maximum atomic E-state index is 10.2. The second-order valence-electron chi connectivity index (χ2n) is 0.615. The topological polar surface area (TPSA) is 0 Å². The smallest absolute Gasteiger partial charge is 0.241 e. The van der Waals surface area contributed by atoms with Crippen molar-refractivity contribution >= 4 is 0 Å². The summed E-state index contributed by atoms with van der Waals surface area (Å²) in [6, 6.07) is 0. The second kappa shape index (κ2) is 0.880. The third-order valence-corrected chi connectivity index (χ3v) is 0. The Labute approximate surface area is 27.6 Å². The van der Waals surface area contributed by atoms with Crippen LogP contribution in [0.2, 0.25) is 0 Å². The van der Waals surface area contributed by atoms with Crippen molar-refractivity contribution in [3.05, 3.63) is 6.92 Å². The van der Waals surface area contributed by atoms with Crippen LogP contribution in [0.4, 0.5) is 13.2 Å². The van der Waals surface area contributed by atoms with Gasteiger partial charge in [0.1, 0.15) is 0 Å². The summed E-state index contributed by atoms with van der Waals surface area (Å²) >= 11 is 0. The van der Waals surface area contributed by atoms with Crippen molar-refractivity contribution in [3.8, 4) is 0 Å². The van der Waals surface area contributed by atoms with E-state index in [9.17, 15) is 13.2 Å². The minimum Gasteiger partial charge on any atom is -0.241 e. The van der Waals surface area contributed by atoms with Crippen LogP contribution in [0.1, 0.15) is 0 Å². The van der Waals surface area contributed by atoms with Crippen molar-refractivity contribution in [2.75, 3.05) is 0 Å². The fourth-order valence-electron chi connectivity index (χ4n) is 0. The molecule has 32 valence electrons. The SMILES string of the molecule is [CH2-]C(F)(F)F. The van der Waals surface area contributed by atoms with Crippen molar-refractivity contribution < 1.29 is 13.2 Å². The first-order valence-corrected chi connectivity index (χ1v) is 0.921. The molecule has 0 unspecified atom stereocenters. The fraction of sp³-hybridized carbons (Fsp3) is 0.500. The molecule has 0 spiro atoms. The lowest BCUT2D eigenvalue weighted by Crippen LogP contribution is -1.96. The van der Waals surface area contributed by atoms with Crippen molar-refractivity contribution in [2.24, 2.45) is 0 Å². The summed E-state index contributed by atoms with van der Waals surface area (Å²) in [5, 5.41) is 0. The zero-order valence-corrected chi connectivity index (χ0v) is 2.34. The van der Waals surface area contributed by atoms with Gasteiger partial charge in [0.2, 0.25) is 0 Å². The molecule has 0 nitrogen and oxygen atoms in total. The predicted octanol–water partition coefficient (Wildman–Crippen LogP) is 1.38. The maximum absolute atomic E-state index is 10.2. The van der Waals surface area contributed by atoms with Crippen LogP contribution in [-0.4, -0.2) is 6.18 Å². The lowest BCUT2D eigenvalue weighted by molar-refractivity contribution is -0.0829. The molecule has 0 N–H and O–H groups in total. The summed E-state index contributed by atoms with van der Waals surface area (Å²) in [5.74, 6) is 0. The molecule has 0 rings (SSSR count). The van der Waals surface area contributed by atoms with Crippen molar-refractivity contribution in [2.45, 2.75) is 6.18 Å². The van der Waals surface area contributed by atoms with Gasteiger partial charge in [0.15, 0.2) is 0 Å². The first kappa shape index (κ1) is 4.79. The Morgan fingerprint density at radius 3 is 1.20 bits per heavy atom. The zero-order chi connectivity index (χ0) is 4.50. The average molecular weight is 83.0 g/mol. The van der Waals surface area contributed by atoms with Crippen LogP contribution < -0.4 is 0 Å². The summed E-state index contributed by atoms with van der Waals surface area (Å²) in [4.78, 5) is 0. The molecule has 0 saturated heterocycles. The van der Waals surface area contributed by atoms with Crippen molar-refractivity contribution in [3.63, 3.8) is 0 Å². The van der Waals surface area contributed by atoms with Gasteiger partial charge < -0.3 is 0 Å². The van der Waals surface area contributed by atoms with Crippen molar-refractivity contribution in [1.29, 1.82) is 0 Å². The first-order chi connectivity index (χ1) is 2.00. The summed E-state index contributed by atoms with van der Waals surface area (Å²) in [6.07, 6.45) is -4.25. The number of rotatable bonds is 0. The molecule has 0 atom stereocenters. The van der Waals surface area contributed by atoms with E-state index in [0.717, 1.165) is 0 Å². The van der Waals surface area contributed by atoms with Gasteiger partial charge in [0.25, 0.3) is 6.18 Å². The van der Waals surface area contributed by atoms with Crippen LogP contribution in [0.3, 0.4) is 0 Å². The monoisotopic (exact) mass is 83.0 g/mol. The first-order valence-electron chi connectivity index (χ1n) is 0.921. The third kappa shape index (κ3) is 275. The van der Waals surface area contributed by atoms with Crippen LogP contribution in [0, 0.1) is 6.92 Å². The number of halogens is 3. The summed E-state index contributed by atoms with van der Waals surface area (Å²) in [6.45, 7) is 1.77. The Balaban J connectivity index is 3.02. The molecule has 0 aliphatic heterocycles. The van der Waals surface area contributed by atoms with Crippen LogP contribution in [0.5, 0.6) is 0 Å². The Morgan fingerprint density at radius 2 is 1.20 bits per heavy atom. The Bertz CT molecular complexity index is 20.4. The highest BCUT2D eigenvalue weighted by Crippen LogP contribution is 2.09.